The van der Waals surface area contributed by atoms with Crippen LogP contribution in [0.25, 0.3) is 0 Å². The molecule has 0 aliphatic rings. The predicted octanol–water partition coefficient (Wildman–Crippen LogP) is 3.64. The van der Waals surface area contributed by atoms with Gasteiger partial charge in [0.25, 0.3) is 0 Å². The summed E-state index contributed by atoms with van der Waals surface area (Å²) < 4.78 is 18.8. The van der Waals surface area contributed by atoms with Crippen LogP contribution in [0.15, 0.2) is 18.2 Å². The number of rotatable bonds is 7. The van der Waals surface area contributed by atoms with Crippen molar-refractivity contribution in [3.8, 4) is 5.75 Å². The van der Waals surface area contributed by atoms with Crippen LogP contribution in [0.1, 0.15) is 26.2 Å². The van der Waals surface area contributed by atoms with E-state index in [4.69, 9.17) is 16.3 Å². The smallest absolute Gasteiger partial charge is 0.142 e. The van der Waals surface area contributed by atoms with Crippen molar-refractivity contribution in [3.05, 3.63) is 29.0 Å². The van der Waals surface area contributed by atoms with Crippen LogP contribution in [0.2, 0.25) is 5.02 Å². The molecule has 0 spiro atoms. The molecule has 0 heterocycles. The Kier molecular flexibility index (Phi) is 6.30. The Morgan fingerprint density at radius 2 is 2.18 bits per heavy atom. The first-order valence-corrected chi connectivity index (χ1v) is 6.31. The van der Waals surface area contributed by atoms with Crippen molar-refractivity contribution in [3.63, 3.8) is 0 Å². The minimum Gasteiger partial charge on any atom is -0.490 e. The minimum atomic E-state index is -0.415. The maximum Gasteiger partial charge on any atom is 0.142 e. The molecule has 1 aromatic carbocycles. The standard InChI is InChI=1S/C13H19ClFNO/c1-3-4-10(7-8-16-2)17-11-5-6-13(15)12(14)9-11/h5-6,9-10,16H,3-4,7-8H2,1-2H3/t10-/m0/s1. The van der Waals surface area contributed by atoms with E-state index in [0.29, 0.717) is 5.75 Å². The average molecular weight is 260 g/mol. The third-order valence-corrected chi connectivity index (χ3v) is 2.81. The summed E-state index contributed by atoms with van der Waals surface area (Å²) in [7, 11) is 1.91. The highest BCUT2D eigenvalue weighted by atomic mass is 35.5. The van der Waals surface area contributed by atoms with Crippen molar-refractivity contribution in [2.24, 2.45) is 0 Å². The van der Waals surface area contributed by atoms with Gasteiger partial charge in [-0.1, -0.05) is 24.9 Å². The zero-order chi connectivity index (χ0) is 12.7. The molecule has 17 heavy (non-hydrogen) atoms. The summed E-state index contributed by atoms with van der Waals surface area (Å²) in [5, 5.41) is 3.20. The molecule has 96 valence electrons. The van der Waals surface area contributed by atoms with E-state index in [0.717, 1.165) is 25.8 Å². The van der Waals surface area contributed by atoms with E-state index >= 15 is 0 Å². The zero-order valence-corrected chi connectivity index (χ0v) is 11.1. The summed E-state index contributed by atoms with van der Waals surface area (Å²) >= 11 is 5.71. The third-order valence-electron chi connectivity index (χ3n) is 2.52. The molecule has 2 nitrogen and oxygen atoms in total. The van der Waals surface area contributed by atoms with Gasteiger partial charge in [0.1, 0.15) is 11.6 Å². The maximum absolute atomic E-state index is 13.0. The fourth-order valence-electron chi connectivity index (χ4n) is 1.63. The van der Waals surface area contributed by atoms with E-state index in [1.807, 2.05) is 7.05 Å². The first-order chi connectivity index (χ1) is 8.17. The lowest BCUT2D eigenvalue weighted by Gasteiger charge is -2.18. The first-order valence-electron chi connectivity index (χ1n) is 5.93. The number of nitrogens with one attached hydrogen (secondary N) is 1. The van der Waals surface area contributed by atoms with Gasteiger partial charge in [-0.3, -0.25) is 0 Å². The predicted molar refractivity (Wildman–Crippen MR) is 69.3 cm³/mol. The molecule has 1 rings (SSSR count). The molecule has 0 radical (unpaired) electrons. The molecule has 0 aliphatic heterocycles. The van der Waals surface area contributed by atoms with E-state index in [1.165, 1.54) is 12.1 Å². The Morgan fingerprint density at radius 3 is 2.76 bits per heavy atom. The van der Waals surface area contributed by atoms with Crippen molar-refractivity contribution < 1.29 is 9.13 Å². The molecule has 0 fully saturated rings. The molecule has 0 unspecified atom stereocenters. The number of hydrogen-bond donors (Lipinski definition) is 1. The number of hydrogen-bond acceptors (Lipinski definition) is 2. The Labute approximate surface area is 107 Å². The van der Waals surface area contributed by atoms with Gasteiger partial charge in [0.15, 0.2) is 0 Å². The van der Waals surface area contributed by atoms with Crippen LogP contribution < -0.4 is 10.1 Å². The summed E-state index contributed by atoms with van der Waals surface area (Å²) in [6, 6.07) is 4.47. The van der Waals surface area contributed by atoms with E-state index in [1.54, 1.807) is 6.07 Å². The fraction of sp³-hybridized carbons (Fsp3) is 0.538. The zero-order valence-electron chi connectivity index (χ0n) is 10.3. The maximum atomic E-state index is 13.0. The molecular formula is C13H19ClFNO. The van der Waals surface area contributed by atoms with Crippen LogP contribution in [0.5, 0.6) is 5.75 Å². The van der Waals surface area contributed by atoms with Gasteiger partial charge in [-0.2, -0.15) is 0 Å². The topological polar surface area (TPSA) is 21.3 Å². The molecule has 0 bridgehead atoms. The second kappa shape index (κ2) is 7.51. The molecule has 1 atom stereocenters. The van der Waals surface area contributed by atoms with Crippen LogP contribution in [0.3, 0.4) is 0 Å². The highest BCUT2D eigenvalue weighted by molar-refractivity contribution is 6.30. The van der Waals surface area contributed by atoms with Gasteiger partial charge in [0.2, 0.25) is 0 Å². The van der Waals surface area contributed by atoms with Gasteiger partial charge in [0.05, 0.1) is 11.1 Å². The van der Waals surface area contributed by atoms with Gasteiger partial charge in [-0.05, 0) is 38.6 Å². The van der Waals surface area contributed by atoms with E-state index in [2.05, 4.69) is 12.2 Å². The van der Waals surface area contributed by atoms with Crippen molar-refractivity contribution in [1.29, 1.82) is 0 Å². The Balaban J connectivity index is 2.61. The molecule has 0 aliphatic carbocycles. The normalized spacial score (nSPS) is 12.5. The SMILES string of the molecule is CCC[C@@H](CCNC)Oc1ccc(F)c(Cl)c1. The number of benzene rings is 1. The summed E-state index contributed by atoms with van der Waals surface area (Å²) in [4.78, 5) is 0. The second-order valence-corrected chi connectivity index (χ2v) is 4.40. The van der Waals surface area contributed by atoms with Crippen molar-refractivity contribution in [2.75, 3.05) is 13.6 Å². The molecular weight excluding hydrogens is 241 g/mol. The number of halogens is 2. The first kappa shape index (κ1) is 14.3. The van der Waals surface area contributed by atoms with Crippen LogP contribution in [-0.2, 0) is 0 Å². The van der Waals surface area contributed by atoms with Crippen LogP contribution in [0, 0.1) is 5.82 Å². The Bertz CT molecular complexity index is 346. The summed E-state index contributed by atoms with van der Waals surface area (Å²) in [6.07, 6.45) is 3.12. The highest BCUT2D eigenvalue weighted by Gasteiger charge is 2.10. The lowest BCUT2D eigenvalue weighted by atomic mass is 10.1. The van der Waals surface area contributed by atoms with Crippen molar-refractivity contribution in [2.45, 2.75) is 32.3 Å². The molecule has 1 N–H and O–H groups in total. The van der Waals surface area contributed by atoms with Crippen LogP contribution >= 0.6 is 11.6 Å². The molecule has 0 aromatic heterocycles. The lowest BCUT2D eigenvalue weighted by Crippen LogP contribution is -2.22. The number of ether oxygens (including phenoxy) is 1. The third kappa shape index (κ3) is 4.92. The van der Waals surface area contributed by atoms with Gasteiger partial charge < -0.3 is 10.1 Å². The Hall–Kier alpha value is -0.800. The summed E-state index contributed by atoms with van der Waals surface area (Å²) in [5.74, 6) is 0.215. The lowest BCUT2D eigenvalue weighted by molar-refractivity contribution is 0.180. The quantitative estimate of drug-likeness (QED) is 0.807. The van der Waals surface area contributed by atoms with Crippen molar-refractivity contribution in [1.82, 2.24) is 5.32 Å². The second-order valence-electron chi connectivity index (χ2n) is 4.00. The molecule has 0 saturated heterocycles. The van der Waals surface area contributed by atoms with Crippen LogP contribution in [-0.4, -0.2) is 19.7 Å². The van der Waals surface area contributed by atoms with Crippen molar-refractivity contribution >= 4 is 11.6 Å². The molecule has 1 aromatic rings. The minimum absolute atomic E-state index is 0.103. The Morgan fingerprint density at radius 1 is 1.41 bits per heavy atom. The van der Waals surface area contributed by atoms with E-state index in [-0.39, 0.29) is 11.1 Å². The summed E-state index contributed by atoms with van der Waals surface area (Å²) in [5.41, 5.74) is 0. The van der Waals surface area contributed by atoms with Gasteiger partial charge in [0, 0.05) is 6.07 Å². The largest absolute Gasteiger partial charge is 0.490 e. The monoisotopic (exact) mass is 259 g/mol. The van der Waals surface area contributed by atoms with Gasteiger partial charge >= 0.3 is 0 Å². The van der Waals surface area contributed by atoms with Crippen LogP contribution in [0.4, 0.5) is 4.39 Å². The molecule has 0 amide bonds. The summed E-state index contributed by atoms with van der Waals surface area (Å²) in [6.45, 7) is 3.02. The average Bonchev–Trinajstić information content (AvgIpc) is 2.31. The van der Waals surface area contributed by atoms with E-state index < -0.39 is 5.82 Å². The van der Waals surface area contributed by atoms with E-state index in [9.17, 15) is 4.39 Å². The molecule has 0 saturated carbocycles. The highest BCUT2D eigenvalue weighted by Crippen LogP contribution is 2.23. The fourth-order valence-corrected chi connectivity index (χ4v) is 1.80. The van der Waals surface area contributed by atoms with Gasteiger partial charge in [-0.15, -0.1) is 0 Å². The molecule has 4 heteroatoms. The van der Waals surface area contributed by atoms with Gasteiger partial charge in [-0.25, -0.2) is 4.39 Å².